The van der Waals surface area contributed by atoms with Gasteiger partial charge in [-0.1, -0.05) is 11.6 Å². The Kier molecular flexibility index (Phi) is 5.40. The highest BCUT2D eigenvalue weighted by molar-refractivity contribution is 5.76. The maximum absolute atomic E-state index is 12.3. The molecule has 0 aromatic rings. The first-order chi connectivity index (χ1) is 13.8. The molecule has 0 radical (unpaired) electrons. The van der Waals surface area contributed by atoms with Crippen LogP contribution in [-0.4, -0.2) is 66.6 Å². The number of ether oxygens (including phenoxy) is 3. The van der Waals surface area contributed by atoms with E-state index < -0.39 is 0 Å². The first-order valence-corrected chi connectivity index (χ1v) is 10.9. The van der Waals surface area contributed by atoms with Crippen molar-refractivity contribution < 1.29 is 23.8 Å². The molecular formula is C22H34N2O5. The van der Waals surface area contributed by atoms with Crippen LogP contribution in [0.3, 0.4) is 0 Å². The van der Waals surface area contributed by atoms with Gasteiger partial charge in [-0.2, -0.15) is 0 Å². The van der Waals surface area contributed by atoms with Crippen LogP contribution in [0.2, 0.25) is 0 Å². The average molecular weight is 407 g/mol. The zero-order valence-electron chi connectivity index (χ0n) is 18.0. The van der Waals surface area contributed by atoms with Crippen LogP contribution in [0.1, 0.15) is 59.3 Å². The van der Waals surface area contributed by atoms with E-state index in [4.69, 9.17) is 14.2 Å². The maximum atomic E-state index is 12.3. The van der Waals surface area contributed by atoms with E-state index in [9.17, 15) is 9.59 Å². The Hall–Kier alpha value is -1.60. The van der Waals surface area contributed by atoms with E-state index in [1.807, 2.05) is 0 Å². The summed E-state index contributed by atoms with van der Waals surface area (Å²) in [5.74, 6) is 0.271. The number of carbonyl (C=O) groups is 2. The van der Waals surface area contributed by atoms with Gasteiger partial charge in [-0.25, -0.2) is 4.79 Å². The van der Waals surface area contributed by atoms with Gasteiger partial charge in [0.25, 0.3) is 0 Å². The monoisotopic (exact) mass is 406 g/mol. The summed E-state index contributed by atoms with van der Waals surface area (Å²) in [4.78, 5) is 25.4. The SMILES string of the molecule is CNC(=O)CC1CN(C(=O)OC2CCC3(CC2)OC3[C@]2(C)O[C@@H]2CC=C(C)C)C1. The summed E-state index contributed by atoms with van der Waals surface area (Å²) >= 11 is 0. The summed E-state index contributed by atoms with van der Waals surface area (Å²) in [5, 5.41) is 2.62. The van der Waals surface area contributed by atoms with E-state index >= 15 is 0 Å². The minimum atomic E-state index is -0.244. The van der Waals surface area contributed by atoms with Crippen LogP contribution < -0.4 is 5.32 Å². The van der Waals surface area contributed by atoms with E-state index in [1.54, 1.807) is 11.9 Å². The number of allylic oxidation sites excluding steroid dienone is 1. The standard InChI is InChI=1S/C22H34N2O5/c1-14(2)5-6-17-21(3,28-17)19-22(29-19)9-7-16(8-10-22)27-20(26)24-12-15(13-24)11-18(25)23-4/h5,15-17,19H,6-13H2,1-4H3,(H,23,25)/t16?,17-,19?,21-,22?/m1/s1. The van der Waals surface area contributed by atoms with Crippen molar-refractivity contribution in [1.82, 2.24) is 10.2 Å². The van der Waals surface area contributed by atoms with Gasteiger partial charge in [-0.3, -0.25) is 4.79 Å². The fourth-order valence-corrected chi connectivity index (χ4v) is 4.98. The van der Waals surface area contributed by atoms with Gasteiger partial charge in [0.15, 0.2) is 0 Å². The number of hydrogen-bond donors (Lipinski definition) is 1. The lowest BCUT2D eigenvalue weighted by Crippen LogP contribution is -2.52. The molecule has 7 heteroatoms. The molecule has 7 nitrogen and oxygen atoms in total. The lowest BCUT2D eigenvalue weighted by Gasteiger charge is -2.39. The van der Waals surface area contributed by atoms with Gasteiger partial charge < -0.3 is 24.4 Å². The Morgan fingerprint density at radius 1 is 1.21 bits per heavy atom. The molecule has 1 aliphatic carbocycles. The molecule has 0 aromatic heterocycles. The second-order valence-corrected chi connectivity index (χ2v) is 9.60. The minimum absolute atomic E-state index is 0.0241. The van der Waals surface area contributed by atoms with Crippen molar-refractivity contribution in [3.05, 3.63) is 11.6 Å². The van der Waals surface area contributed by atoms with Crippen LogP contribution in [0.5, 0.6) is 0 Å². The Morgan fingerprint density at radius 2 is 1.90 bits per heavy atom. The molecule has 29 heavy (non-hydrogen) atoms. The predicted octanol–water partition coefficient (Wildman–Crippen LogP) is 2.78. The van der Waals surface area contributed by atoms with Crippen molar-refractivity contribution in [3.8, 4) is 0 Å². The second-order valence-electron chi connectivity index (χ2n) is 9.60. The number of epoxide rings is 2. The largest absolute Gasteiger partial charge is 0.446 e. The van der Waals surface area contributed by atoms with E-state index in [0.29, 0.717) is 19.5 Å². The van der Waals surface area contributed by atoms with Crippen LogP contribution >= 0.6 is 0 Å². The fraction of sp³-hybridized carbons (Fsp3) is 0.818. The van der Waals surface area contributed by atoms with Crippen LogP contribution in [-0.2, 0) is 19.0 Å². The van der Waals surface area contributed by atoms with Gasteiger partial charge in [-0.15, -0.1) is 0 Å². The van der Waals surface area contributed by atoms with Crippen molar-refractivity contribution in [2.45, 2.75) is 88.8 Å². The lowest BCUT2D eigenvalue weighted by molar-refractivity contribution is -0.122. The number of amides is 2. The zero-order chi connectivity index (χ0) is 20.8. The first-order valence-electron chi connectivity index (χ1n) is 10.9. The molecule has 1 saturated carbocycles. The average Bonchev–Trinajstić information content (AvgIpc) is 3.54. The summed E-state index contributed by atoms with van der Waals surface area (Å²) in [6.45, 7) is 7.61. The number of likely N-dealkylation sites (tertiary alicyclic amines) is 1. The van der Waals surface area contributed by atoms with Crippen molar-refractivity contribution in [1.29, 1.82) is 0 Å². The molecule has 3 aliphatic heterocycles. The quantitative estimate of drug-likeness (QED) is 0.542. The van der Waals surface area contributed by atoms with Gasteiger partial charge in [0.2, 0.25) is 5.91 Å². The summed E-state index contributed by atoms with van der Waals surface area (Å²) in [7, 11) is 1.63. The first kappa shape index (κ1) is 20.7. The maximum Gasteiger partial charge on any atom is 0.410 e. The molecule has 3 heterocycles. The van der Waals surface area contributed by atoms with E-state index in [0.717, 1.165) is 32.1 Å². The summed E-state index contributed by atoms with van der Waals surface area (Å²) in [6, 6.07) is 0. The molecule has 0 bridgehead atoms. The molecule has 162 valence electrons. The van der Waals surface area contributed by atoms with Crippen molar-refractivity contribution in [3.63, 3.8) is 0 Å². The van der Waals surface area contributed by atoms with Gasteiger partial charge in [0.05, 0.1) is 11.7 Å². The Morgan fingerprint density at radius 3 is 2.52 bits per heavy atom. The van der Waals surface area contributed by atoms with Crippen LogP contribution in [0, 0.1) is 5.92 Å². The zero-order valence-corrected chi connectivity index (χ0v) is 18.0. The molecule has 3 atom stereocenters. The Labute approximate surface area is 173 Å². The second kappa shape index (κ2) is 7.58. The van der Waals surface area contributed by atoms with Gasteiger partial charge in [-0.05, 0) is 52.9 Å². The molecule has 3 saturated heterocycles. The molecule has 0 aromatic carbocycles. The molecule has 1 spiro atoms. The number of carbonyl (C=O) groups excluding carboxylic acids is 2. The summed E-state index contributed by atoms with van der Waals surface area (Å²) in [5.41, 5.74) is 1.08. The molecule has 4 fully saturated rings. The summed E-state index contributed by atoms with van der Waals surface area (Å²) in [6.07, 6.45) is 7.32. The van der Waals surface area contributed by atoms with E-state index in [2.05, 4.69) is 32.2 Å². The van der Waals surface area contributed by atoms with Crippen molar-refractivity contribution in [2.75, 3.05) is 20.1 Å². The third-order valence-electron chi connectivity index (χ3n) is 7.03. The highest BCUT2D eigenvalue weighted by Crippen LogP contribution is 2.60. The van der Waals surface area contributed by atoms with Crippen LogP contribution in [0.25, 0.3) is 0 Å². The van der Waals surface area contributed by atoms with E-state index in [1.165, 1.54) is 5.57 Å². The molecule has 4 rings (SSSR count). The number of nitrogens with zero attached hydrogens (tertiary/aromatic N) is 1. The third-order valence-corrected chi connectivity index (χ3v) is 7.03. The normalized spacial score (nSPS) is 38.2. The van der Waals surface area contributed by atoms with Crippen molar-refractivity contribution in [2.24, 2.45) is 5.92 Å². The van der Waals surface area contributed by atoms with Gasteiger partial charge >= 0.3 is 6.09 Å². The van der Waals surface area contributed by atoms with Crippen LogP contribution in [0.15, 0.2) is 11.6 Å². The molecule has 1 unspecified atom stereocenters. The molecule has 1 N–H and O–H groups in total. The van der Waals surface area contributed by atoms with Crippen LogP contribution in [0.4, 0.5) is 4.79 Å². The number of nitrogens with one attached hydrogen (secondary N) is 1. The van der Waals surface area contributed by atoms with Crippen molar-refractivity contribution >= 4 is 12.0 Å². The predicted molar refractivity (Wildman–Crippen MR) is 107 cm³/mol. The molecule has 2 amide bonds. The third kappa shape index (κ3) is 4.17. The Balaban J connectivity index is 1.17. The smallest absolute Gasteiger partial charge is 0.410 e. The minimum Gasteiger partial charge on any atom is -0.446 e. The fourth-order valence-electron chi connectivity index (χ4n) is 4.98. The number of rotatable bonds is 6. The molecule has 4 aliphatic rings. The topological polar surface area (TPSA) is 83.7 Å². The lowest BCUT2D eigenvalue weighted by atomic mass is 9.80. The highest BCUT2D eigenvalue weighted by atomic mass is 16.7. The van der Waals surface area contributed by atoms with Gasteiger partial charge in [0, 0.05) is 32.5 Å². The highest BCUT2D eigenvalue weighted by Gasteiger charge is 2.73. The molecular weight excluding hydrogens is 372 g/mol. The Bertz CT molecular complexity index is 689. The van der Waals surface area contributed by atoms with Gasteiger partial charge in [0.1, 0.15) is 17.8 Å². The number of hydrogen-bond acceptors (Lipinski definition) is 5. The summed E-state index contributed by atoms with van der Waals surface area (Å²) < 4.78 is 17.9. The van der Waals surface area contributed by atoms with E-state index in [-0.39, 0.29) is 47.4 Å².